The van der Waals surface area contributed by atoms with Crippen LogP contribution in [-0.4, -0.2) is 35.4 Å². The summed E-state index contributed by atoms with van der Waals surface area (Å²) in [4.78, 5) is 12.4. The lowest BCUT2D eigenvalue weighted by molar-refractivity contribution is -0.127. The van der Waals surface area contributed by atoms with E-state index in [0.717, 1.165) is 0 Å². The van der Waals surface area contributed by atoms with Crippen LogP contribution < -0.4 is 19.5 Å². The molecule has 8 nitrogen and oxygen atoms in total. The second kappa shape index (κ2) is 8.73. The van der Waals surface area contributed by atoms with E-state index >= 15 is 0 Å². The first-order chi connectivity index (χ1) is 15.7. The number of methoxy groups -OCH3 is 1. The lowest BCUT2D eigenvalue weighted by Crippen LogP contribution is -2.61. The Kier molecular flexibility index (Phi) is 5.97. The van der Waals surface area contributed by atoms with E-state index in [-0.39, 0.29) is 24.4 Å². The molecule has 1 amide bonds. The highest BCUT2D eigenvalue weighted by Crippen LogP contribution is 2.49. The minimum absolute atomic E-state index is 0.0489. The maximum absolute atomic E-state index is 13.6. The monoisotopic (exact) mass is 455 g/mol. The molecule has 1 heterocycles. The Morgan fingerprint density at radius 3 is 2.42 bits per heavy atom. The number of rotatable bonds is 8. The number of aromatic nitrogens is 2. The van der Waals surface area contributed by atoms with Crippen LogP contribution in [0.5, 0.6) is 23.3 Å². The average Bonchev–Trinajstić information content (AvgIpc) is 3.23. The van der Waals surface area contributed by atoms with Crippen LogP contribution in [0.25, 0.3) is 0 Å². The van der Waals surface area contributed by atoms with Gasteiger partial charge < -0.3 is 23.9 Å². The van der Waals surface area contributed by atoms with Crippen molar-refractivity contribution in [2.24, 2.45) is 0 Å². The summed E-state index contributed by atoms with van der Waals surface area (Å²) in [5.41, 5.74) is -0.317. The molecule has 33 heavy (non-hydrogen) atoms. The van der Waals surface area contributed by atoms with Crippen LogP contribution in [0.2, 0.25) is 0 Å². The number of ether oxygens (including phenoxy) is 3. The zero-order valence-corrected chi connectivity index (χ0v) is 19.0. The molecule has 1 fully saturated rings. The molecule has 0 spiro atoms. The van der Waals surface area contributed by atoms with E-state index in [1.54, 1.807) is 50.4 Å². The molecule has 0 atom stereocenters. The van der Waals surface area contributed by atoms with Crippen LogP contribution >= 0.6 is 0 Å². The highest BCUT2D eigenvalue weighted by molar-refractivity contribution is 5.78. The summed E-state index contributed by atoms with van der Waals surface area (Å²) in [6, 6.07) is 11.5. The summed E-state index contributed by atoms with van der Waals surface area (Å²) in [5.74, 6) is 1.37. The number of carbonyl (C=O) groups is 1. The van der Waals surface area contributed by atoms with Crippen LogP contribution in [0.3, 0.4) is 0 Å². The third kappa shape index (κ3) is 5.08. The molecule has 9 heteroatoms. The number of halogens is 1. The molecule has 1 aromatic heterocycles. The molecule has 1 N–H and O–H groups in total. The molecule has 0 saturated heterocycles. The molecule has 0 unspecified atom stereocenters. The summed E-state index contributed by atoms with van der Waals surface area (Å²) in [5, 5.41) is 11.1. The largest absolute Gasteiger partial charge is 0.497 e. The lowest BCUT2D eigenvalue weighted by Gasteiger charge is -2.51. The standard InChI is InChI=1S/C24H26FN3O5/c1-15-5-6-18(11-19(15)25)31-12-20(29)26-24(3)13-23(2,14-24)21-27-28-22(33-21)32-17-9-7-16(30-4)8-10-17/h5-11H,12-14H2,1-4H3,(H,26,29). The summed E-state index contributed by atoms with van der Waals surface area (Å²) in [6.45, 7) is 5.41. The predicted molar refractivity (Wildman–Crippen MR) is 117 cm³/mol. The number of hydrogen-bond acceptors (Lipinski definition) is 7. The second-order valence-corrected chi connectivity index (χ2v) is 8.87. The van der Waals surface area contributed by atoms with Gasteiger partial charge in [0, 0.05) is 11.6 Å². The minimum Gasteiger partial charge on any atom is -0.497 e. The Balaban J connectivity index is 1.30. The Bertz CT molecular complexity index is 1140. The van der Waals surface area contributed by atoms with Gasteiger partial charge in [-0.05, 0) is 62.6 Å². The smallest absolute Gasteiger partial charge is 0.420 e. The van der Waals surface area contributed by atoms with Crippen LogP contribution in [0.15, 0.2) is 46.9 Å². The van der Waals surface area contributed by atoms with Gasteiger partial charge in [-0.2, -0.15) is 0 Å². The molecule has 0 aliphatic heterocycles. The van der Waals surface area contributed by atoms with Crippen LogP contribution in [0, 0.1) is 12.7 Å². The quantitative estimate of drug-likeness (QED) is 0.540. The van der Waals surface area contributed by atoms with Crippen molar-refractivity contribution in [3.8, 4) is 23.3 Å². The Morgan fingerprint density at radius 2 is 1.76 bits per heavy atom. The van der Waals surface area contributed by atoms with Crippen molar-refractivity contribution < 1.29 is 27.8 Å². The molecular weight excluding hydrogens is 429 g/mol. The predicted octanol–water partition coefficient (Wildman–Crippen LogP) is 4.32. The molecule has 1 saturated carbocycles. The first kappa shape index (κ1) is 22.6. The van der Waals surface area contributed by atoms with Crippen LogP contribution in [-0.2, 0) is 10.2 Å². The number of benzene rings is 2. The fourth-order valence-corrected chi connectivity index (χ4v) is 4.33. The summed E-state index contributed by atoms with van der Waals surface area (Å²) >= 11 is 0. The van der Waals surface area contributed by atoms with Crippen molar-refractivity contribution in [1.82, 2.24) is 15.5 Å². The highest BCUT2D eigenvalue weighted by Gasteiger charge is 2.53. The molecule has 4 rings (SSSR count). The number of nitrogens with zero attached hydrogens (tertiary/aromatic N) is 2. The van der Waals surface area contributed by atoms with E-state index in [2.05, 4.69) is 15.5 Å². The topological polar surface area (TPSA) is 95.7 Å². The van der Waals surface area contributed by atoms with Gasteiger partial charge in [-0.1, -0.05) is 18.1 Å². The van der Waals surface area contributed by atoms with Gasteiger partial charge in [-0.15, -0.1) is 5.10 Å². The van der Waals surface area contributed by atoms with E-state index in [0.29, 0.717) is 41.5 Å². The zero-order chi connectivity index (χ0) is 23.6. The zero-order valence-electron chi connectivity index (χ0n) is 19.0. The number of amides is 1. The number of nitrogens with one attached hydrogen (secondary N) is 1. The third-order valence-corrected chi connectivity index (χ3v) is 5.70. The lowest BCUT2D eigenvalue weighted by atomic mass is 9.59. The molecule has 3 aromatic rings. The van der Waals surface area contributed by atoms with Crippen molar-refractivity contribution in [2.75, 3.05) is 13.7 Å². The van der Waals surface area contributed by atoms with E-state index in [1.165, 1.54) is 6.07 Å². The fraction of sp³-hybridized carbons (Fsp3) is 0.375. The number of aryl methyl sites for hydroxylation is 1. The SMILES string of the molecule is COc1ccc(Oc2nnc(C3(C)CC(C)(NC(=O)COc4ccc(C)c(F)c4)C3)o2)cc1. The molecular formula is C24H26FN3O5. The van der Waals surface area contributed by atoms with Gasteiger partial charge in [0.15, 0.2) is 6.61 Å². The van der Waals surface area contributed by atoms with E-state index in [1.807, 2.05) is 13.8 Å². The van der Waals surface area contributed by atoms with Gasteiger partial charge in [-0.3, -0.25) is 4.79 Å². The van der Waals surface area contributed by atoms with Crippen molar-refractivity contribution >= 4 is 5.91 Å². The van der Waals surface area contributed by atoms with Gasteiger partial charge in [0.05, 0.1) is 12.5 Å². The Morgan fingerprint density at radius 1 is 1.09 bits per heavy atom. The molecule has 2 aromatic carbocycles. The average molecular weight is 455 g/mol. The normalized spacial score (nSPS) is 21.7. The van der Waals surface area contributed by atoms with Gasteiger partial charge in [-0.25, -0.2) is 4.39 Å². The number of hydrogen-bond donors (Lipinski definition) is 1. The maximum atomic E-state index is 13.6. The second-order valence-electron chi connectivity index (χ2n) is 8.87. The third-order valence-electron chi connectivity index (χ3n) is 5.70. The molecule has 1 aliphatic carbocycles. The van der Waals surface area contributed by atoms with E-state index in [4.69, 9.17) is 18.6 Å². The maximum Gasteiger partial charge on any atom is 0.420 e. The first-order valence-corrected chi connectivity index (χ1v) is 10.5. The van der Waals surface area contributed by atoms with Crippen molar-refractivity contribution in [3.63, 3.8) is 0 Å². The van der Waals surface area contributed by atoms with E-state index < -0.39 is 11.0 Å². The van der Waals surface area contributed by atoms with Crippen molar-refractivity contribution in [1.29, 1.82) is 0 Å². The summed E-state index contributed by atoms with van der Waals surface area (Å²) in [6.07, 6.45) is 1.26. The Labute approximate surface area is 191 Å². The molecule has 174 valence electrons. The summed E-state index contributed by atoms with van der Waals surface area (Å²) in [7, 11) is 1.59. The minimum atomic E-state index is -0.445. The van der Waals surface area contributed by atoms with Crippen LogP contribution in [0.4, 0.5) is 4.39 Å². The van der Waals surface area contributed by atoms with Crippen molar-refractivity contribution in [3.05, 3.63) is 59.7 Å². The van der Waals surface area contributed by atoms with Gasteiger partial charge in [0.25, 0.3) is 5.91 Å². The van der Waals surface area contributed by atoms with Crippen LogP contribution in [0.1, 0.15) is 38.1 Å². The molecule has 0 bridgehead atoms. The first-order valence-electron chi connectivity index (χ1n) is 10.5. The highest BCUT2D eigenvalue weighted by atomic mass is 19.1. The van der Waals surface area contributed by atoms with Gasteiger partial charge in [0.2, 0.25) is 5.89 Å². The number of carbonyl (C=O) groups excluding carboxylic acids is 1. The Hall–Kier alpha value is -3.62. The van der Waals surface area contributed by atoms with Crippen molar-refractivity contribution in [2.45, 2.75) is 44.6 Å². The molecule has 1 aliphatic rings. The fourth-order valence-electron chi connectivity index (χ4n) is 4.33. The van der Waals surface area contributed by atoms with Gasteiger partial charge in [0.1, 0.15) is 23.1 Å². The molecule has 0 radical (unpaired) electrons. The van der Waals surface area contributed by atoms with E-state index in [9.17, 15) is 9.18 Å². The summed E-state index contributed by atoms with van der Waals surface area (Å²) < 4.78 is 35.5. The van der Waals surface area contributed by atoms with Gasteiger partial charge >= 0.3 is 6.08 Å².